The van der Waals surface area contributed by atoms with Gasteiger partial charge in [-0.2, -0.15) is 0 Å². The Hall–Kier alpha value is -4.94. The van der Waals surface area contributed by atoms with E-state index in [-0.39, 0.29) is 5.41 Å². The van der Waals surface area contributed by atoms with Crippen molar-refractivity contribution in [2.75, 3.05) is 0 Å². The smallest absolute Gasteiger partial charge is 0.0159 e. The fraction of sp³-hybridized carbons (Fsp3) is 0.0732. The third-order valence-electron chi connectivity index (χ3n) is 9.59. The van der Waals surface area contributed by atoms with Gasteiger partial charge in [-0.15, -0.1) is 0 Å². The van der Waals surface area contributed by atoms with Gasteiger partial charge < -0.3 is 0 Å². The van der Waals surface area contributed by atoms with E-state index in [0.29, 0.717) is 0 Å². The highest BCUT2D eigenvalue weighted by molar-refractivity contribution is 6.25. The molecule has 0 unspecified atom stereocenters. The molecule has 1 aliphatic carbocycles. The third kappa shape index (κ3) is 3.05. The lowest BCUT2D eigenvalue weighted by atomic mass is 9.80. The maximum absolute atomic E-state index is 2.47. The number of hydrogen-bond donors (Lipinski definition) is 0. The van der Waals surface area contributed by atoms with E-state index in [9.17, 15) is 0 Å². The summed E-state index contributed by atoms with van der Waals surface area (Å²) in [6.07, 6.45) is 0. The van der Waals surface area contributed by atoms with Crippen LogP contribution in [0.4, 0.5) is 0 Å². The molecule has 0 N–H and O–H groups in total. The van der Waals surface area contributed by atoms with Crippen LogP contribution < -0.4 is 0 Å². The minimum absolute atomic E-state index is 0.0628. The third-order valence-corrected chi connectivity index (χ3v) is 9.59. The van der Waals surface area contributed by atoms with Gasteiger partial charge in [0, 0.05) is 5.41 Å². The van der Waals surface area contributed by atoms with Gasteiger partial charge in [0.2, 0.25) is 0 Å². The Labute approximate surface area is 239 Å². The predicted molar refractivity (Wildman–Crippen MR) is 176 cm³/mol. The van der Waals surface area contributed by atoms with E-state index in [1.165, 1.54) is 87.6 Å². The van der Waals surface area contributed by atoms with Crippen LogP contribution in [0.5, 0.6) is 0 Å². The van der Waals surface area contributed by atoms with Crippen molar-refractivity contribution in [1.29, 1.82) is 0 Å². The molecule has 0 heteroatoms. The van der Waals surface area contributed by atoms with Gasteiger partial charge in [-0.3, -0.25) is 0 Å². The minimum atomic E-state index is -0.0628. The van der Waals surface area contributed by atoms with Crippen molar-refractivity contribution in [3.63, 3.8) is 0 Å². The highest BCUT2D eigenvalue weighted by Gasteiger charge is 2.37. The van der Waals surface area contributed by atoms with Crippen molar-refractivity contribution in [3.8, 4) is 33.4 Å². The van der Waals surface area contributed by atoms with Gasteiger partial charge in [0.15, 0.2) is 0 Å². The van der Waals surface area contributed by atoms with E-state index in [0.717, 1.165) is 0 Å². The first-order valence-corrected chi connectivity index (χ1v) is 14.5. The molecule has 0 aromatic heterocycles. The number of hydrogen-bond acceptors (Lipinski definition) is 0. The SMILES string of the molecule is CC1(C)c2ccccc2-c2c1cc1cc(-c3ccc4ccc5cccc6ccc3c4c56)ccc1c2-c1ccccc1. The molecule has 0 saturated heterocycles. The lowest BCUT2D eigenvalue weighted by molar-refractivity contribution is 0.661. The summed E-state index contributed by atoms with van der Waals surface area (Å²) >= 11 is 0. The largest absolute Gasteiger partial charge is 0.0622 e. The number of rotatable bonds is 2. The van der Waals surface area contributed by atoms with Crippen LogP contribution in [-0.4, -0.2) is 0 Å². The standard InChI is InChI=1S/C41H28/c1-41(2)35-14-7-6-13-34(35)40-36(41)24-30-23-29(19-21-32(30)38(40)25-9-4-3-5-10-25)31-20-17-28-16-15-26-11-8-12-27-18-22-33(31)39(28)37(26)27/h3-24H,1-2H3. The van der Waals surface area contributed by atoms with Gasteiger partial charge in [-0.1, -0.05) is 135 Å². The van der Waals surface area contributed by atoms with Gasteiger partial charge in [0.25, 0.3) is 0 Å². The van der Waals surface area contributed by atoms with Gasteiger partial charge in [-0.05, 0) is 99.7 Å². The highest BCUT2D eigenvalue weighted by atomic mass is 14.4. The van der Waals surface area contributed by atoms with Gasteiger partial charge >= 0.3 is 0 Å². The van der Waals surface area contributed by atoms with E-state index in [1.807, 2.05) is 0 Å². The molecule has 8 aromatic rings. The Bertz CT molecular complexity index is 2300. The fourth-order valence-corrected chi connectivity index (χ4v) is 7.63. The molecule has 0 nitrogen and oxygen atoms in total. The van der Waals surface area contributed by atoms with Crippen molar-refractivity contribution >= 4 is 43.1 Å². The van der Waals surface area contributed by atoms with Crippen LogP contribution in [0.25, 0.3) is 76.5 Å². The maximum atomic E-state index is 2.47. The normalized spacial score (nSPS) is 13.8. The number of fused-ring (bicyclic) bond motifs is 4. The average Bonchev–Trinajstić information content (AvgIpc) is 3.25. The molecule has 1 aliphatic rings. The van der Waals surface area contributed by atoms with Crippen molar-refractivity contribution < 1.29 is 0 Å². The summed E-state index contributed by atoms with van der Waals surface area (Å²) in [7, 11) is 0. The van der Waals surface area contributed by atoms with Crippen LogP contribution in [-0.2, 0) is 5.41 Å². The predicted octanol–water partition coefficient (Wildman–Crippen LogP) is 11.4. The summed E-state index contributed by atoms with van der Waals surface area (Å²) in [4.78, 5) is 0. The Morgan fingerprint density at radius 1 is 0.390 bits per heavy atom. The maximum Gasteiger partial charge on any atom is 0.0159 e. The Morgan fingerprint density at radius 2 is 1.07 bits per heavy atom. The van der Waals surface area contributed by atoms with E-state index in [1.54, 1.807) is 0 Å². The van der Waals surface area contributed by atoms with E-state index < -0.39 is 0 Å². The summed E-state index contributed by atoms with van der Waals surface area (Å²) < 4.78 is 0. The Kier molecular flexibility index (Phi) is 4.49. The quantitative estimate of drug-likeness (QED) is 0.199. The topological polar surface area (TPSA) is 0 Å². The summed E-state index contributed by atoms with van der Waals surface area (Å²) in [5.41, 5.74) is 10.7. The second-order valence-electron chi connectivity index (χ2n) is 12.1. The first-order valence-electron chi connectivity index (χ1n) is 14.5. The van der Waals surface area contributed by atoms with Crippen LogP contribution in [0.2, 0.25) is 0 Å². The first kappa shape index (κ1) is 22.8. The van der Waals surface area contributed by atoms with Gasteiger partial charge in [-0.25, -0.2) is 0 Å². The second kappa shape index (κ2) is 8.05. The molecule has 192 valence electrons. The summed E-state index contributed by atoms with van der Waals surface area (Å²) in [6, 6.07) is 49.9. The average molecular weight is 521 g/mol. The van der Waals surface area contributed by atoms with Crippen molar-refractivity contribution in [2.24, 2.45) is 0 Å². The Morgan fingerprint density at radius 3 is 1.90 bits per heavy atom. The molecule has 9 rings (SSSR count). The molecule has 8 aromatic carbocycles. The number of benzene rings is 8. The summed E-state index contributed by atoms with van der Waals surface area (Å²) in [5.74, 6) is 0. The molecule has 0 radical (unpaired) electrons. The molecule has 0 amide bonds. The van der Waals surface area contributed by atoms with Crippen LogP contribution in [0, 0.1) is 0 Å². The molecule has 0 heterocycles. The first-order chi connectivity index (χ1) is 20.1. The van der Waals surface area contributed by atoms with Crippen molar-refractivity contribution in [3.05, 3.63) is 145 Å². The molecule has 0 spiro atoms. The van der Waals surface area contributed by atoms with Crippen LogP contribution >= 0.6 is 0 Å². The zero-order valence-corrected chi connectivity index (χ0v) is 23.2. The molecule has 0 fully saturated rings. The summed E-state index contributed by atoms with van der Waals surface area (Å²) in [5, 5.41) is 10.6. The van der Waals surface area contributed by atoms with E-state index in [2.05, 4.69) is 147 Å². The van der Waals surface area contributed by atoms with Crippen molar-refractivity contribution in [1.82, 2.24) is 0 Å². The lowest BCUT2D eigenvalue weighted by Crippen LogP contribution is -2.14. The molecular weight excluding hydrogens is 492 g/mol. The molecular formula is C41H28. The van der Waals surface area contributed by atoms with E-state index >= 15 is 0 Å². The van der Waals surface area contributed by atoms with Gasteiger partial charge in [0.1, 0.15) is 0 Å². The molecule has 0 bridgehead atoms. The molecule has 0 saturated carbocycles. The van der Waals surface area contributed by atoms with E-state index in [4.69, 9.17) is 0 Å². The zero-order chi connectivity index (χ0) is 27.3. The summed E-state index contributed by atoms with van der Waals surface area (Å²) in [6.45, 7) is 4.76. The highest BCUT2D eigenvalue weighted by Crippen LogP contribution is 2.54. The van der Waals surface area contributed by atoms with Crippen LogP contribution in [0.3, 0.4) is 0 Å². The van der Waals surface area contributed by atoms with Crippen LogP contribution in [0.1, 0.15) is 25.0 Å². The minimum Gasteiger partial charge on any atom is -0.0622 e. The van der Waals surface area contributed by atoms with Crippen LogP contribution in [0.15, 0.2) is 133 Å². The lowest BCUT2D eigenvalue weighted by Gasteiger charge is -2.23. The molecule has 0 atom stereocenters. The zero-order valence-electron chi connectivity index (χ0n) is 23.2. The fourth-order valence-electron chi connectivity index (χ4n) is 7.63. The second-order valence-corrected chi connectivity index (χ2v) is 12.1. The van der Waals surface area contributed by atoms with Gasteiger partial charge in [0.05, 0.1) is 0 Å². The molecule has 0 aliphatic heterocycles. The van der Waals surface area contributed by atoms with Crippen molar-refractivity contribution in [2.45, 2.75) is 19.3 Å². The Balaban J connectivity index is 1.36. The monoisotopic (exact) mass is 520 g/mol. The molecule has 41 heavy (non-hydrogen) atoms.